The van der Waals surface area contributed by atoms with Crippen molar-refractivity contribution in [1.29, 1.82) is 0 Å². The number of aliphatic hydroxyl groups is 2. The predicted molar refractivity (Wildman–Crippen MR) is 178 cm³/mol. The van der Waals surface area contributed by atoms with Crippen LogP contribution in [0.4, 0.5) is 0 Å². The fraction of sp³-hybridized carbons (Fsp3) is 0.882. The summed E-state index contributed by atoms with van der Waals surface area (Å²) in [7, 11) is -4.61. The molecule has 1 unspecified atom stereocenters. The Kier molecular flexibility index (Phi) is 30.4. The van der Waals surface area contributed by atoms with Crippen molar-refractivity contribution in [2.24, 2.45) is 0 Å². The number of unbranched alkanes of at least 4 members (excludes halogenated alkanes) is 18. The molecule has 0 spiro atoms. The first-order chi connectivity index (χ1) is 21.7. The van der Waals surface area contributed by atoms with Crippen LogP contribution >= 0.6 is 7.82 Å². The van der Waals surface area contributed by atoms with E-state index in [1.54, 1.807) is 6.08 Å². The highest BCUT2D eigenvalue weighted by atomic mass is 31.2. The third kappa shape index (κ3) is 31.1. The SMILES string of the molecule is CCCCCCCC/C=C/CC(=O)OC[C@H](COP(=O)(O)OC[C@@H](O)CO)OC(=O)CCCCCCCCCCCCCCC. The predicted octanol–water partition coefficient (Wildman–Crippen LogP) is 8.11. The highest BCUT2D eigenvalue weighted by Crippen LogP contribution is 2.43. The van der Waals surface area contributed by atoms with E-state index in [1.165, 1.54) is 89.9 Å². The molecule has 0 amide bonds. The van der Waals surface area contributed by atoms with Crippen LogP contribution in [-0.4, -0.2) is 65.7 Å². The van der Waals surface area contributed by atoms with Crippen LogP contribution in [0.1, 0.15) is 155 Å². The van der Waals surface area contributed by atoms with E-state index >= 15 is 0 Å². The summed E-state index contributed by atoms with van der Waals surface area (Å²) >= 11 is 0. The van der Waals surface area contributed by atoms with Gasteiger partial charge in [0.15, 0.2) is 6.10 Å². The van der Waals surface area contributed by atoms with E-state index < -0.39 is 51.8 Å². The smallest absolute Gasteiger partial charge is 0.461 e. The zero-order valence-corrected chi connectivity index (χ0v) is 29.2. The van der Waals surface area contributed by atoms with Crippen molar-refractivity contribution < 1.29 is 47.8 Å². The van der Waals surface area contributed by atoms with Gasteiger partial charge in [0.1, 0.15) is 12.7 Å². The Hall–Kier alpha value is -1.29. The number of aliphatic hydroxyl groups excluding tert-OH is 2. The topological polar surface area (TPSA) is 149 Å². The highest BCUT2D eigenvalue weighted by molar-refractivity contribution is 7.47. The number of carbonyl (C=O) groups excluding carboxylic acids is 2. The molecule has 11 heteroatoms. The lowest BCUT2D eigenvalue weighted by molar-refractivity contribution is -0.160. The molecule has 0 aromatic heterocycles. The number of esters is 2. The fourth-order valence-electron chi connectivity index (χ4n) is 4.68. The molecule has 0 radical (unpaired) electrons. The molecule has 3 atom stereocenters. The Morgan fingerprint density at radius 1 is 0.667 bits per heavy atom. The van der Waals surface area contributed by atoms with Crippen LogP contribution in [0.25, 0.3) is 0 Å². The average molecular weight is 665 g/mol. The summed E-state index contributed by atoms with van der Waals surface area (Å²) in [4.78, 5) is 34.6. The minimum Gasteiger partial charge on any atom is -0.461 e. The molecule has 0 aromatic rings. The summed E-state index contributed by atoms with van der Waals surface area (Å²) in [5.74, 6) is -1.02. The van der Waals surface area contributed by atoms with E-state index in [0.29, 0.717) is 6.42 Å². The molecule has 0 bridgehead atoms. The van der Waals surface area contributed by atoms with Gasteiger partial charge in [0.05, 0.1) is 26.2 Å². The number of rotatable bonds is 33. The van der Waals surface area contributed by atoms with Crippen molar-refractivity contribution in [3.8, 4) is 0 Å². The quantitative estimate of drug-likeness (QED) is 0.0272. The molecule has 0 saturated heterocycles. The Morgan fingerprint density at radius 2 is 1.16 bits per heavy atom. The maximum atomic E-state index is 12.5. The summed E-state index contributed by atoms with van der Waals surface area (Å²) in [6.45, 7) is 2.27. The molecule has 0 rings (SSSR count). The van der Waals surface area contributed by atoms with Gasteiger partial charge in [-0.05, 0) is 19.3 Å². The van der Waals surface area contributed by atoms with Crippen molar-refractivity contribution in [2.75, 3.05) is 26.4 Å². The highest BCUT2D eigenvalue weighted by Gasteiger charge is 2.27. The number of phosphoric ester groups is 1. The van der Waals surface area contributed by atoms with Crippen LogP contribution in [0, 0.1) is 0 Å². The zero-order chi connectivity index (χ0) is 33.4. The first kappa shape index (κ1) is 43.7. The van der Waals surface area contributed by atoms with Gasteiger partial charge < -0.3 is 24.6 Å². The molecule has 0 saturated carbocycles. The molecule has 3 N–H and O–H groups in total. The van der Waals surface area contributed by atoms with Crippen LogP contribution in [0.3, 0.4) is 0 Å². The summed E-state index contributed by atoms with van der Waals surface area (Å²) < 4.78 is 32.4. The van der Waals surface area contributed by atoms with Gasteiger partial charge in [-0.3, -0.25) is 18.6 Å². The zero-order valence-electron chi connectivity index (χ0n) is 28.3. The summed E-state index contributed by atoms with van der Waals surface area (Å²) in [5, 5.41) is 18.2. The van der Waals surface area contributed by atoms with Gasteiger partial charge in [0, 0.05) is 6.42 Å². The van der Waals surface area contributed by atoms with Crippen LogP contribution in [0.2, 0.25) is 0 Å². The second-order valence-corrected chi connectivity index (χ2v) is 13.4. The first-order valence-corrected chi connectivity index (χ1v) is 19.1. The van der Waals surface area contributed by atoms with Crippen molar-refractivity contribution in [1.82, 2.24) is 0 Å². The van der Waals surface area contributed by atoms with E-state index in [1.807, 2.05) is 6.08 Å². The Morgan fingerprint density at radius 3 is 1.69 bits per heavy atom. The van der Waals surface area contributed by atoms with Crippen LogP contribution in [-0.2, 0) is 32.7 Å². The molecule has 0 fully saturated rings. The lowest BCUT2D eigenvalue weighted by Gasteiger charge is -2.20. The third-order valence-electron chi connectivity index (χ3n) is 7.45. The Bertz CT molecular complexity index is 776. The van der Waals surface area contributed by atoms with E-state index in [-0.39, 0.29) is 19.4 Å². The van der Waals surface area contributed by atoms with E-state index in [4.69, 9.17) is 19.1 Å². The molecule has 0 aliphatic carbocycles. The molecule has 10 nitrogen and oxygen atoms in total. The maximum Gasteiger partial charge on any atom is 0.472 e. The van der Waals surface area contributed by atoms with Crippen LogP contribution in [0.15, 0.2) is 12.2 Å². The molecule has 0 aliphatic rings. The van der Waals surface area contributed by atoms with Crippen LogP contribution < -0.4 is 0 Å². The summed E-state index contributed by atoms with van der Waals surface area (Å²) in [5.41, 5.74) is 0. The second kappa shape index (κ2) is 31.3. The van der Waals surface area contributed by atoms with Crippen molar-refractivity contribution in [3.05, 3.63) is 12.2 Å². The van der Waals surface area contributed by atoms with E-state index in [9.17, 15) is 24.2 Å². The normalized spacial score (nSPS) is 14.3. The van der Waals surface area contributed by atoms with Crippen molar-refractivity contribution in [2.45, 2.75) is 167 Å². The molecule has 0 heterocycles. The number of allylic oxidation sites excluding steroid dienone is 1. The van der Waals surface area contributed by atoms with E-state index in [0.717, 1.165) is 32.1 Å². The van der Waals surface area contributed by atoms with Gasteiger partial charge in [-0.2, -0.15) is 0 Å². The first-order valence-electron chi connectivity index (χ1n) is 17.6. The van der Waals surface area contributed by atoms with Gasteiger partial charge in [0.2, 0.25) is 0 Å². The Balaban J connectivity index is 4.44. The second-order valence-electron chi connectivity index (χ2n) is 11.9. The largest absolute Gasteiger partial charge is 0.472 e. The van der Waals surface area contributed by atoms with Gasteiger partial charge in [-0.25, -0.2) is 4.57 Å². The number of ether oxygens (including phenoxy) is 2. The molecule has 45 heavy (non-hydrogen) atoms. The fourth-order valence-corrected chi connectivity index (χ4v) is 5.47. The summed E-state index contributed by atoms with van der Waals surface area (Å²) in [6.07, 6.45) is 25.0. The molecular weight excluding hydrogens is 599 g/mol. The summed E-state index contributed by atoms with van der Waals surface area (Å²) in [6, 6.07) is 0. The monoisotopic (exact) mass is 664 g/mol. The molecule has 266 valence electrons. The lowest BCUT2D eigenvalue weighted by Crippen LogP contribution is -2.29. The number of phosphoric acid groups is 1. The molecule has 0 aromatic carbocycles. The molecule has 0 aliphatic heterocycles. The minimum absolute atomic E-state index is 0.0664. The van der Waals surface area contributed by atoms with Gasteiger partial charge >= 0.3 is 19.8 Å². The number of hydrogen-bond donors (Lipinski definition) is 3. The van der Waals surface area contributed by atoms with Gasteiger partial charge in [0.25, 0.3) is 0 Å². The standard InChI is InChI=1S/C34H65O10P/c1-3-5-7-9-11-13-14-15-16-18-20-22-24-26-34(38)44-32(30-43-45(39,40)42-28-31(36)27-35)29-41-33(37)25-23-21-19-17-12-10-8-6-4-2/h21,23,31-32,35-36H,3-20,22,24-30H2,1-2H3,(H,39,40)/b23-21+/t31-,32+/m0/s1. The maximum absolute atomic E-state index is 12.5. The Labute approximate surface area is 273 Å². The number of hydrogen-bond acceptors (Lipinski definition) is 9. The lowest BCUT2D eigenvalue weighted by atomic mass is 10.0. The molecular formula is C34H65O10P. The van der Waals surface area contributed by atoms with E-state index in [2.05, 4.69) is 18.4 Å². The van der Waals surface area contributed by atoms with Crippen molar-refractivity contribution >= 4 is 19.8 Å². The number of carbonyl (C=O) groups is 2. The minimum atomic E-state index is -4.61. The third-order valence-corrected chi connectivity index (χ3v) is 8.40. The van der Waals surface area contributed by atoms with Gasteiger partial charge in [-0.1, -0.05) is 135 Å². The van der Waals surface area contributed by atoms with Gasteiger partial charge in [-0.15, -0.1) is 0 Å². The average Bonchev–Trinajstić information content (AvgIpc) is 3.02. The van der Waals surface area contributed by atoms with Crippen LogP contribution in [0.5, 0.6) is 0 Å². The van der Waals surface area contributed by atoms with Crippen molar-refractivity contribution in [3.63, 3.8) is 0 Å².